The van der Waals surface area contributed by atoms with Crippen molar-refractivity contribution < 1.29 is 24.2 Å². The molecule has 138 valence electrons. The van der Waals surface area contributed by atoms with Crippen LogP contribution in [0.3, 0.4) is 0 Å². The molecule has 6 heteroatoms. The molecule has 2 aromatic carbocycles. The molecule has 26 heavy (non-hydrogen) atoms. The van der Waals surface area contributed by atoms with Crippen molar-refractivity contribution >= 4 is 12.1 Å². The van der Waals surface area contributed by atoms with Gasteiger partial charge in [0.1, 0.15) is 18.0 Å². The summed E-state index contributed by atoms with van der Waals surface area (Å²) in [6.07, 6.45) is -0.729. The third-order valence-corrected chi connectivity index (χ3v) is 3.35. The van der Waals surface area contributed by atoms with E-state index in [0.717, 1.165) is 5.56 Å². The van der Waals surface area contributed by atoms with Crippen LogP contribution in [0.15, 0.2) is 54.6 Å². The van der Waals surface area contributed by atoms with Gasteiger partial charge >= 0.3 is 12.1 Å². The predicted octanol–water partition coefficient (Wildman–Crippen LogP) is 3.70. The second kappa shape index (κ2) is 8.38. The molecule has 2 aromatic rings. The minimum atomic E-state index is -1.05. The summed E-state index contributed by atoms with van der Waals surface area (Å²) < 4.78 is 10.6. The van der Waals surface area contributed by atoms with Crippen molar-refractivity contribution in [3.8, 4) is 5.75 Å². The van der Waals surface area contributed by atoms with E-state index in [1.807, 2.05) is 30.3 Å². The highest BCUT2D eigenvalue weighted by Gasteiger charge is 2.27. The van der Waals surface area contributed by atoms with E-state index in [2.05, 4.69) is 5.32 Å². The number of hydrogen-bond donors (Lipinski definition) is 2. The summed E-state index contributed by atoms with van der Waals surface area (Å²) in [7, 11) is 0. The minimum absolute atomic E-state index is 0.0578. The molecular weight excluding hydrogens is 334 g/mol. The van der Waals surface area contributed by atoms with Gasteiger partial charge in [0.05, 0.1) is 0 Å². The highest BCUT2D eigenvalue weighted by molar-refractivity contribution is 5.83. The maximum absolute atomic E-state index is 12.5. The van der Waals surface area contributed by atoms with Gasteiger partial charge in [-0.15, -0.1) is 0 Å². The molecule has 0 unspecified atom stereocenters. The number of carbonyl (C=O) groups excluding carboxylic acids is 2. The third-order valence-electron chi connectivity index (χ3n) is 3.35. The van der Waals surface area contributed by atoms with E-state index in [-0.39, 0.29) is 12.4 Å². The number of alkyl carbamates (subject to hydrolysis) is 1. The lowest BCUT2D eigenvalue weighted by Crippen LogP contribution is -2.38. The lowest BCUT2D eigenvalue weighted by Gasteiger charge is -2.23. The Labute approximate surface area is 152 Å². The van der Waals surface area contributed by atoms with Gasteiger partial charge in [-0.3, -0.25) is 0 Å². The van der Waals surface area contributed by atoms with Crippen molar-refractivity contribution in [3.05, 3.63) is 65.7 Å². The van der Waals surface area contributed by atoms with Gasteiger partial charge in [0, 0.05) is 0 Å². The SMILES string of the molecule is CC(C)(C)OC(=O)N[C@@H](C(=O)OCc1ccccc1)c1ccc(O)cc1. The van der Waals surface area contributed by atoms with E-state index in [1.165, 1.54) is 12.1 Å². The number of phenolic OH excluding ortho intramolecular Hbond substituents is 1. The number of aromatic hydroxyl groups is 1. The number of nitrogens with one attached hydrogen (secondary N) is 1. The van der Waals surface area contributed by atoms with Gasteiger partial charge in [-0.2, -0.15) is 0 Å². The molecule has 0 aromatic heterocycles. The molecule has 0 fully saturated rings. The van der Waals surface area contributed by atoms with Gasteiger partial charge in [-0.05, 0) is 44.0 Å². The summed E-state index contributed by atoms with van der Waals surface area (Å²) in [5, 5.41) is 12.0. The first-order valence-electron chi connectivity index (χ1n) is 8.23. The van der Waals surface area contributed by atoms with Gasteiger partial charge in [0.2, 0.25) is 0 Å². The molecule has 0 saturated heterocycles. The quantitative estimate of drug-likeness (QED) is 0.797. The molecule has 0 radical (unpaired) electrons. The smallest absolute Gasteiger partial charge is 0.408 e. The molecule has 1 atom stereocenters. The normalized spacial score (nSPS) is 12.1. The zero-order valence-electron chi connectivity index (χ0n) is 15.1. The number of hydrogen-bond acceptors (Lipinski definition) is 5. The monoisotopic (exact) mass is 357 g/mol. The lowest BCUT2D eigenvalue weighted by atomic mass is 10.1. The van der Waals surface area contributed by atoms with Crippen LogP contribution < -0.4 is 5.32 Å². The van der Waals surface area contributed by atoms with E-state index >= 15 is 0 Å². The van der Waals surface area contributed by atoms with Gasteiger partial charge in [0.25, 0.3) is 0 Å². The van der Waals surface area contributed by atoms with Crippen LogP contribution in [-0.2, 0) is 20.9 Å². The number of benzene rings is 2. The first-order valence-corrected chi connectivity index (χ1v) is 8.23. The van der Waals surface area contributed by atoms with Crippen LogP contribution in [0.5, 0.6) is 5.75 Å². The molecular formula is C20H23NO5. The van der Waals surface area contributed by atoms with Crippen LogP contribution in [0, 0.1) is 0 Å². The van der Waals surface area contributed by atoms with Crippen molar-refractivity contribution in [3.63, 3.8) is 0 Å². The molecule has 1 amide bonds. The largest absolute Gasteiger partial charge is 0.508 e. The summed E-state index contributed by atoms with van der Waals surface area (Å²) in [4.78, 5) is 24.6. The second-order valence-corrected chi connectivity index (χ2v) is 6.76. The Morgan fingerprint density at radius 3 is 2.23 bits per heavy atom. The number of amides is 1. The molecule has 0 spiro atoms. The molecule has 0 bridgehead atoms. The Hall–Kier alpha value is -3.02. The van der Waals surface area contributed by atoms with Gasteiger partial charge in [0.15, 0.2) is 6.04 Å². The Morgan fingerprint density at radius 2 is 1.65 bits per heavy atom. The molecule has 0 aliphatic rings. The fourth-order valence-electron chi connectivity index (χ4n) is 2.18. The fourth-order valence-corrected chi connectivity index (χ4v) is 2.18. The van der Waals surface area contributed by atoms with Gasteiger partial charge < -0.3 is 19.9 Å². The first-order chi connectivity index (χ1) is 12.2. The van der Waals surface area contributed by atoms with Crippen LogP contribution in [-0.4, -0.2) is 22.8 Å². The van der Waals surface area contributed by atoms with Gasteiger partial charge in [-0.25, -0.2) is 9.59 Å². The number of phenols is 1. The average molecular weight is 357 g/mol. The summed E-state index contributed by atoms with van der Waals surface area (Å²) in [5.74, 6) is -0.562. The molecule has 0 aliphatic carbocycles. The van der Waals surface area contributed by atoms with E-state index in [1.54, 1.807) is 32.9 Å². The maximum atomic E-state index is 12.5. The minimum Gasteiger partial charge on any atom is -0.508 e. The van der Waals surface area contributed by atoms with Crippen LogP contribution in [0.4, 0.5) is 4.79 Å². The Morgan fingerprint density at radius 1 is 1.04 bits per heavy atom. The predicted molar refractivity (Wildman–Crippen MR) is 96.5 cm³/mol. The molecule has 0 heterocycles. The van der Waals surface area contributed by atoms with Crippen molar-refractivity contribution in [1.29, 1.82) is 0 Å². The number of esters is 1. The van der Waals surface area contributed by atoms with E-state index in [4.69, 9.17) is 9.47 Å². The first kappa shape index (κ1) is 19.3. The van der Waals surface area contributed by atoms with Crippen molar-refractivity contribution in [2.45, 2.75) is 39.0 Å². The van der Waals surface area contributed by atoms with E-state index in [0.29, 0.717) is 5.56 Å². The molecule has 2 rings (SSSR count). The zero-order valence-corrected chi connectivity index (χ0v) is 15.1. The average Bonchev–Trinajstić information content (AvgIpc) is 2.58. The summed E-state index contributed by atoms with van der Waals surface area (Å²) >= 11 is 0. The van der Waals surface area contributed by atoms with Crippen LogP contribution in [0.1, 0.15) is 37.9 Å². The van der Waals surface area contributed by atoms with Crippen LogP contribution in [0.25, 0.3) is 0 Å². The number of ether oxygens (including phenoxy) is 2. The molecule has 0 saturated carbocycles. The summed E-state index contributed by atoms with van der Waals surface area (Å²) in [6.45, 7) is 5.28. The van der Waals surface area contributed by atoms with Crippen molar-refractivity contribution in [1.82, 2.24) is 5.32 Å². The third kappa shape index (κ3) is 6.12. The molecule has 2 N–H and O–H groups in total. The number of rotatable bonds is 5. The van der Waals surface area contributed by atoms with E-state index < -0.39 is 23.7 Å². The maximum Gasteiger partial charge on any atom is 0.408 e. The lowest BCUT2D eigenvalue weighted by molar-refractivity contribution is -0.147. The number of carbonyl (C=O) groups is 2. The summed E-state index contributed by atoms with van der Waals surface area (Å²) in [5.41, 5.74) is 0.617. The van der Waals surface area contributed by atoms with Crippen molar-refractivity contribution in [2.24, 2.45) is 0 Å². The standard InChI is InChI=1S/C20H23NO5/c1-20(2,3)26-19(24)21-17(15-9-11-16(22)12-10-15)18(23)25-13-14-7-5-4-6-8-14/h4-12,17,22H,13H2,1-3H3,(H,21,24)/t17-/m1/s1. The Balaban J connectivity index is 2.12. The van der Waals surface area contributed by atoms with Gasteiger partial charge in [-0.1, -0.05) is 42.5 Å². The summed E-state index contributed by atoms with van der Waals surface area (Å²) in [6, 6.07) is 14.1. The highest BCUT2D eigenvalue weighted by Crippen LogP contribution is 2.20. The highest BCUT2D eigenvalue weighted by atomic mass is 16.6. The molecule has 6 nitrogen and oxygen atoms in total. The van der Waals surface area contributed by atoms with E-state index in [9.17, 15) is 14.7 Å². The zero-order chi connectivity index (χ0) is 19.2. The Kier molecular flexibility index (Phi) is 6.22. The second-order valence-electron chi connectivity index (χ2n) is 6.76. The topological polar surface area (TPSA) is 84.9 Å². The fraction of sp³-hybridized carbons (Fsp3) is 0.300. The van der Waals surface area contributed by atoms with Crippen LogP contribution in [0.2, 0.25) is 0 Å². The van der Waals surface area contributed by atoms with Crippen LogP contribution >= 0.6 is 0 Å². The van der Waals surface area contributed by atoms with Crippen molar-refractivity contribution in [2.75, 3.05) is 0 Å². The Bertz CT molecular complexity index is 735. The molecule has 0 aliphatic heterocycles.